The van der Waals surface area contributed by atoms with Crippen LogP contribution in [0.3, 0.4) is 0 Å². The number of aryl methyl sites for hydroxylation is 1. The zero-order chi connectivity index (χ0) is 21.1. The molecule has 3 heterocycles. The Balaban J connectivity index is 1.57. The molecular weight excluding hydrogens is 400 g/mol. The number of anilines is 2. The predicted octanol–water partition coefficient (Wildman–Crippen LogP) is 4.06. The largest absolute Gasteiger partial charge is 0.495 e. The average molecular weight is 425 g/mol. The molecule has 0 unspecified atom stereocenters. The molecule has 0 amide bonds. The average Bonchev–Trinajstić information content (AvgIpc) is 3.25. The van der Waals surface area contributed by atoms with Crippen molar-refractivity contribution in [2.75, 3.05) is 19.0 Å². The molecule has 2 aromatic heterocycles. The minimum Gasteiger partial charge on any atom is -0.495 e. The van der Waals surface area contributed by atoms with Crippen molar-refractivity contribution in [3.63, 3.8) is 0 Å². The minimum absolute atomic E-state index is 0.184. The van der Waals surface area contributed by atoms with Gasteiger partial charge in [0.25, 0.3) is 0 Å². The van der Waals surface area contributed by atoms with Crippen LogP contribution in [0.4, 0.5) is 11.5 Å². The lowest BCUT2D eigenvalue weighted by molar-refractivity contribution is 0.377. The summed E-state index contributed by atoms with van der Waals surface area (Å²) >= 11 is 0. The Morgan fingerprint density at radius 3 is 2.67 bits per heavy atom. The number of para-hydroxylation sites is 1. The van der Waals surface area contributed by atoms with Crippen molar-refractivity contribution in [2.24, 2.45) is 0 Å². The summed E-state index contributed by atoms with van der Waals surface area (Å²) in [6.07, 6.45) is 3.23. The van der Waals surface area contributed by atoms with Crippen molar-refractivity contribution >= 4 is 21.5 Å². The number of aromatic nitrogens is 2. The lowest BCUT2D eigenvalue weighted by atomic mass is 10.1. The van der Waals surface area contributed by atoms with Crippen LogP contribution in [-0.2, 0) is 10.0 Å². The van der Waals surface area contributed by atoms with E-state index >= 15 is 0 Å². The van der Waals surface area contributed by atoms with Crippen molar-refractivity contribution in [3.8, 4) is 5.75 Å². The summed E-state index contributed by atoms with van der Waals surface area (Å²) < 4.78 is 33.5. The van der Waals surface area contributed by atoms with Gasteiger partial charge in [0.05, 0.1) is 30.7 Å². The van der Waals surface area contributed by atoms with E-state index < -0.39 is 10.0 Å². The summed E-state index contributed by atoms with van der Waals surface area (Å²) in [5.74, 6) is 1.09. The molecule has 0 bridgehead atoms. The van der Waals surface area contributed by atoms with Gasteiger partial charge in [-0.1, -0.05) is 18.2 Å². The molecule has 1 aromatic carbocycles. The number of hydrogen-bond donors (Lipinski definition) is 1. The van der Waals surface area contributed by atoms with Crippen LogP contribution in [0.1, 0.15) is 30.3 Å². The van der Waals surface area contributed by atoms with Crippen molar-refractivity contribution in [1.29, 1.82) is 0 Å². The fourth-order valence-electron chi connectivity index (χ4n) is 3.72. The van der Waals surface area contributed by atoms with E-state index in [9.17, 15) is 8.42 Å². The Kier molecular flexibility index (Phi) is 5.69. The van der Waals surface area contributed by atoms with Crippen molar-refractivity contribution in [3.05, 3.63) is 72.2 Å². The van der Waals surface area contributed by atoms with Gasteiger partial charge in [0.2, 0.25) is 10.0 Å². The van der Waals surface area contributed by atoms with Gasteiger partial charge in [-0.3, -0.25) is 4.98 Å². The number of sulfonamides is 1. The third-order valence-electron chi connectivity index (χ3n) is 5.15. The quantitative estimate of drug-likeness (QED) is 0.642. The smallest absolute Gasteiger partial charge is 0.247 e. The number of benzene rings is 1. The second-order valence-electron chi connectivity index (χ2n) is 7.19. The van der Waals surface area contributed by atoms with E-state index in [1.165, 1.54) is 11.4 Å². The minimum atomic E-state index is -3.70. The molecule has 3 aromatic rings. The molecule has 8 heteroatoms. The Bertz CT molecular complexity index is 1130. The first-order valence-electron chi connectivity index (χ1n) is 9.80. The van der Waals surface area contributed by atoms with Gasteiger partial charge in [0, 0.05) is 12.2 Å². The molecule has 1 aliphatic rings. The fraction of sp³-hybridized carbons (Fsp3) is 0.273. The lowest BCUT2D eigenvalue weighted by Gasteiger charge is -2.24. The third-order valence-corrected chi connectivity index (χ3v) is 7.10. The zero-order valence-corrected chi connectivity index (χ0v) is 17.8. The van der Waals surface area contributed by atoms with Gasteiger partial charge in [-0.15, -0.1) is 0 Å². The number of methoxy groups -OCH3 is 1. The highest BCUT2D eigenvalue weighted by Gasteiger charge is 2.38. The second kappa shape index (κ2) is 8.41. The molecule has 0 radical (unpaired) electrons. The highest BCUT2D eigenvalue weighted by Crippen LogP contribution is 2.38. The Hall–Kier alpha value is -2.97. The maximum Gasteiger partial charge on any atom is 0.247 e. The molecule has 1 saturated heterocycles. The molecule has 156 valence electrons. The molecule has 1 atom stereocenters. The molecule has 0 saturated carbocycles. The fourth-order valence-corrected chi connectivity index (χ4v) is 5.55. The van der Waals surface area contributed by atoms with Gasteiger partial charge in [-0.05, 0) is 56.2 Å². The maximum absolute atomic E-state index is 13.3. The highest BCUT2D eigenvalue weighted by molar-refractivity contribution is 7.89. The Morgan fingerprint density at radius 1 is 1.10 bits per heavy atom. The van der Waals surface area contributed by atoms with E-state index in [1.54, 1.807) is 30.5 Å². The zero-order valence-electron chi connectivity index (χ0n) is 16.9. The number of nitrogens with one attached hydrogen (secondary N) is 1. The molecule has 1 N–H and O–H groups in total. The van der Waals surface area contributed by atoms with Gasteiger partial charge in [-0.25, -0.2) is 13.4 Å². The van der Waals surface area contributed by atoms with Crippen molar-refractivity contribution < 1.29 is 13.2 Å². The van der Waals surface area contributed by atoms with Crippen molar-refractivity contribution in [2.45, 2.75) is 30.7 Å². The van der Waals surface area contributed by atoms with Crippen LogP contribution in [0.2, 0.25) is 0 Å². The van der Waals surface area contributed by atoms with E-state index in [0.717, 1.165) is 35.7 Å². The Morgan fingerprint density at radius 2 is 1.93 bits per heavy atom. The van der Waals surface area contributed by atoms with Gasteiger partial charge < -0.3 is 10.1 Å². The van der Waals surface area contributed by atoms with Crippen LogP contribution in [0.15, 0.2) is 65.7 Å². The molecule has 7 nitrogen and oxygen atoms in total. The molecule has 1 aliphatic heterocycles. The van der Waals surface area contributed by atoms with Crippen LogP contribution in [0, 0.1) is 6.92 Å². The van der Waals surface area contributed by atoms with E-state index in [2.05, 4.69) is 15.3 Å². The number of hydrogen-bond acceptors (Lipinski definition) is 6. The van der Waals surface area contributed by atoms with Gasteiger partial charge in [0.15, 0.2) is 0 Å². The van der Waals surface area contributed by atoms with E-state index in [0.29, 0.717) is 12.3 Å². The van der Waals surface area contributed by atoms with Crippen molar-refractivity contribution in [1.82, 2.24) is 14.3 Å². The van der Waals surface area contributed by atoms with E-state index in [1.807, 2.05) is 37.3 Å². The molecule has 1 fully saturated rings. The van der Waals surface area contributed by atoms with E-state index in [4.69, 9.17) is 4.74 Å². The maximum atomic E-state index is 13.3. The predicted molar refractivity (Wildman–Crippen MR) is 115 cm³/mol. The summed E-state index contributed by atoms with van der Waals surface area (Å²) in [7, 11) is -2.22. The van der Waals surface area contributed by atoms with E-state index in [-0.39, 0.29) is 10.9 Å². The molecule has 30 heavy (non-hydrogen) atoms. The first kappa shape index (κ1) is 20.3. The molecular formula is C22H24N4O3S. The topological polar surface area (TPSA) is 84.4 Å². The summed E-state index contributed by atoms with van der Waals surface area (Å²) in [6, 6.07) is 15.9. The van der Waals surface area contributed by atoms with Gasteiger partial charge >= 0.3 is 0 Å². The van der Waals surface area contributed by atoms with Crippen LogP contribution in [0.5, 0.6) is 5.75 Å². The molecule has 0 aliphatic carbocycles. The monoisotopic (exact) mass is 424 g/mol. The molecule has 0 spiro atoms. The second-order valence-corrected chi connectivity index (χ2v) is 9.04. The number of nitrogens with zero attached hydrogens (tertiary/aromatic N) is 3. The lowest BCUT2D eigenvalue weighted by Crippen LogP contribution is -2.31. The van der Waals surface area contributed by atoms with Crippen LogP contribution >= 0.6 is 0 Å². The van der Waals surface area contributed by atoms with Gasteiger partial charge in [0.1, 0.15) is 16.5 Å². The van der Waals surface area contributed by atoms with Crippen LogP contribution in [-0.4, -0.2) is 36.3 Å². The third kappa shape index (κ3) is 4.01. The number of pyridine rings is 2. The number of rotatable bonds is 6. The molecule has 4 rings (SSSR count). The normalized spacial score (nSPS) is 17.1. The first-order valence-corrected chi connectivity index (χ1v) is 11.2. The number of ether oxygens (including phenoxy) is 1. The summed E-state index contributed by atoms with van der Waals surface area (Å²) in [5, 5.41) is 3.22. The SMILES string of the molecule is COc1ccccc1S(=O)(=O)N1CCC[C@@H]1c1ccc(Nc2cccc(C)n2)cn1. The van der Waals surface area contributed by atoms with Crippen LogP contribution in [0.25, 0.3) is 0 Å². The van der Waals surface area contributed by atoms with Crippen LogP contribution < -0.4 is 10.1 Å². The Labute approximate surface area is 176 Å². The summed E-state index contributed by atoms with van der Waals surface area (Å²) in [5.41, 5.74) is 2.45. The summed E-state index contributed by atoms with van der Waals surface area (Å²) in [6.45, 7) is 2.39. The highest BCUT2D eigenvalue weighted by atomic mass is 32.2. The van der Waals surface area contributed by atoms with Gasteiger partial charge in [-0.2, -0.15) is 4.31 Å². The first-order chi connectivity index (χ1) is 14.5. The summed E-state index contributed by atoms with van der Waals surface area (Å²) in [4.78, 5) is 9.16. The standard InChI is InChI=1S/C22H24N4O3S/c1-16-7-5-11-22(24-16)25-17-12-13-18(23-15-17)19-8-6-14-26(19)30(27,28)21-10-4-3-9-20(21)29-2/h3-5,7,9-13,15,19H,6,8,14H2,1-2H3,(H,24,25)/t19-/m1/s1.